The van der Waals surface area contributed by atoms with Gasteiger partial charge in [-0.3, -0.25) is 0 Å². The first kappa shape index (κ1) is 13.8. The lowest BCUT2D eigenvalue weighted by Gasteiger charge is -2.11. The lowest BCUT2D eigenvalue weighted by Crippen LogP contribution is -1.98. The maximum Gasteiger partial charge on any atom is 0.0178 e. The fraction of sp³-hybridized carbons (Fsp3) is 0.333. The summed E-state index contributed by atoms with van der Waals surface area (Å²) in [5.41, 5.74) is 12.2. The first-order valence-corrected chi connectivity index (χ1v) is 6.99. The summed E-state index contributed by atoms with van der Waals surface area (Å²) in [4.78, 5) is 0. The van der Waals surface area contributed by atoms with Gasteiger partial charge >= 0.3 is 0 Å². The highest BCUT2D eigenvalue weighted by Gasteiger charge is 2.05. The van der Waals surface area contributed by atoms with Crippen LogP contribution >= 0.6 is 0 Å². The second-order valence-corrected chi connectivity index (χ2v) is 5.65. The Balaban J connectivity index is 2.41. The van der Waals surface area contributed by atoms with Crippen molar-refractivity contribution in [2.24, 2.45) is 11.7 Å². The molecule has 2 rings (SSSR count). The van der Waals surface area contributed by atoms with E-state index in [0.717, 1.165) is 6.42 Å². The second kappa shape index (κ2) is 6.03. The van der Waals surface area contributed by atoms with Gasteiger partial charge in [-0.2, -0.15) is 0 Å². The van der Waals surface area contributed by atoms with Crippen molar-refractivity contribution in [1.82, 2.24) is 0 Å². The maximum atomic E-state index is 5.74. The van der Waals surface area contributed by atoms with E-state index >= 15 is 0 Å². The van der Waals surface area contributed by atoms with E-state index in [1.807, 2.05) is 0 Å². The van der Waals surface area contributed by atoms with Gasteiger partial charge in [-0.25, -0.2) is 0 Å². The SMILES string of the molecule is Cc1ccc(CN)cc1-c1cccc(CC(C)C)c1. The number of hydrogen-bond donors (Lipinski definition) is 1. The molecule has 100 valence electrons. The van der Waals surface area contributed by atoms with Gasteiger partial charge in [0.05, 0.1) is 0 Å². The van der Waals surface area contributed by atoms with Crippen LogP contribution in [0.1, 0.15) is 30.5 Å². The van der Waals surface area contributed by atoms with Gasteiger partial charge in [0, 0.05) is 6.54 Å². The molecule has 0 radical (unpaired) electrons. The van der Waals surface area contributed by atoms with Gasteiger partial charge in [-0.1, -0.05) is 50.2 Å². The first-order chi connectivity index (χ1) is 9.10. The highest BCUT2D eigenvalue weighted by atomic mass is 14.5. The molecule has 0 saturated carbocycles. The van der Waals surface area contributed by atoms with Crippen LogP contribution in [0.25, 0.3) is 11.1 Å². The molecule has 19 heavy (non-hydrogen) atoms. The third-order valence-corrected chi connectivity index (χ3v) is 3.42. The highest BCUT2D eigenvalue weighted by molar-refractivity contribution is 5.68. The normalized spacial score (nSPS) is 11.0. The Morgan fingerprint density at radius 3 is 2.47 bits per heavy atom. The summed E-state index contributed by atoms with van der Waals surface area (Å²) in [5, 5.41) is 0. The van der Waals surface area contributed by atoms with Crippen LogP contribution in [0, 0.1) is 12.8 Å². The van der Waals surface area contributed by atoms with E-state index in [9.17, 15) is 0 Å². The number of rotatable bonds is 4. The summed E-state index contributed by atoms with van der Waals surface area (Å²) in [7, 11) is 0. The van der Waals surface area contributed by atoms with Gasteiger partial charge in [0.15, 0.2) is 0 Å². The minimum atomic E-state index is 0.596. The van der Waals surface area contributed by atoms with Crippen molar-refractivity contribution in [2.45, 2.75) is 33.7 Å². The molecule has 0 saturated heterocycles. The number of hydrogen-bond acceptors (Lipinski definition) is 1. The molecule has 0 aromatic heterocycles. The molecule has 0 aliphatic rings. The Labute approximate surface area is 116 Å². The molecule has 0 fully saturated rings. The van der Waals surface area contributed by atoms with Crippen molar-refractivity contribution >= 4 is 0 Å². The zero-order chi connectivity index (χ0) is 13.8. The fourth-order valence-corrected chi connectivity index (χ4v) is 2.44. The smallest absolute Gasteiger partial charge is 0.0178 e. The van der Waals surface area contributed by atoms with Crippen LogP contribution in [0.5, 0.6) is 0 Å². The highest BCUT2D eigenvalue weighted by Crippen LogP contribution is 2.26. The predicted octanol–water partition coefficient (Wildman–Crippen LogP) is 4.32. The number of nitrogens with two attached hydrogens (primary N) is 1. The zero-order valence-electron chi connectivity index (χ0n) is 12.1. The summed E-state index contributed by atoms with van der Waals surface area (Å²) in [6.45, 7) is 7.27. The largest absolute Gasteiger partial charge is 0.326 e. The molecule has 0 atom stereocenters. The fourth-order valence-electron chi connectivity index (χ4n) is 2.44. The third-order valence-electron chi connectivity index (χ3n) is 3.42. The van der Waals surface area contributed by atoms with Crippen LogP contribution in [-0.4, -0.2) is 0 Å². The number of benzene rings is 2. The quantitative estimate of drug-likeness (QED) is 0.863. The van der Waals surface area contributed by atoms with Crippen LogP contribution in [-0.2, 0) is 13.0 Å². The molecule has 0 aliphatic heterocycles. The second-order valence-electron chi connectivity index (χ2n) is 5.65. The molecule has 0 aliphatic carbocycles. The van der Waals surface area contributed by atoms with E-state index in [-0.39, 0.29) is 0 Å². The summed E-state index contributed by atoms with van der Waals surface area (Å²) >= 11 is 0. The molecule has 2 aromatic carbocycles. The summed E-state index contributed by atoms with van der Waals surface area (Å²) in [6, 6.07) is 15.3. The monoisotopic (exact) mass is 253 g/mol. The van der Waals surface area contributed by atoms with Gasteiger partial charge in [-0.05, 0) is 53.1 Å². The van der Waals surface area contributed by atoms with E-state index in [2.05, 4.69) is 63.2 Å². The third kappa shape index (κ3) is 3.45. The van der Waals surface area contributed by atoms with Crippen molar-refractivity contribution < 1.29 is 0 Å². The minimum Gasteiger partial charge on any atom is -0.326 e. The topological polar surface area (TPSA) is 26.0 Å². The Morgan fingerprint density at radius 2 is 1.79 bits per heavy atom. The van der Waals surface area contributed by atoms with Crippen LogP contribution in [0.3, 0.4) is 0 Å². The molecule has 1 heteroatoms. The summed E-state index contributed by atoms with van der Waals surface area (Å²) < 4.78 is 0. The van der Waals surface area contributed by atoms with E-state index in [0.29, 0.717) is 12.5 Å². The zero-order valence-corrected chi connectivity index (χ0v) is 12.1. The van der Waals surface area contributed by atoms with E-state index in [1.54, 1.807) is 0 Å². The van der Waals surface area contributed by atoms with Gasteiger partial charge in [0.2, 0.25) is 0 Å². The molecule has 2 aromatic rings. The van der Waals surface area contributed by atoms with Gasteiger partial charge in [-0.15, -0.1) is 0 Å². The van der Waals surface area contributed by atoms with Crippen molar-refractivity contribution in [3.05, 3.63) is 59.2 Å². The van der Waals surface area contributed by atoms with Gasteiger partial charge in [0.1, 0.15) is 0 Å². The van der Waals surface area contributed by atoms with Crippen LogP contribution in [0.2, 0.25) is 0 Å². The van der Waals surface area contributed by atoms with Crippen LogP contribution in [0.4, 0.5) is 0 Å². The Hall–Kier alpha value is -1.60. The number of aryl methyl sites for hydroxylation is 1. The Kier molecular flexibility index (Phi) is 4.39. The average Bonchev–Trinajstić information content (AvgIpc) is 2.39. The molecule has 2 N–H and O–H groups in total. The molecular weight excluding hydrogens is 230 g/mol. The van der Waals surface area contributed by atoms with Gasteiger partial charge < -0.3 is 5.73 Å². The summed E-state index contributed by atoms with van der Waals surface area (Å²) in [5.74, 6) is 0.687. The molecule has 0 amide bonds. The van der Waals surface area contributed by atoms with Gasteiger partial charge in [0.25, 0.3) is 0 Å². The molecule has 0 heterocycles. The molecule has 0 unspecified atom stereocenters. The Morgan fingerprint density at radius 1 is 1.00 bits per heavy atom. The Bertz CT molecular complexity index is 555. The van der Waals surface area contributed by atoms with E-state index in [1.165, 1.54) is 27.8 Å². The van der Waals surface area contributed by atoms with E-state index < -0.39 is 0 Å². The molecule has 0 bridgehead atoms. The van der Waals surface area contributed by atoms with Crippen molar-refractivity contribution in [3.63, 3.8) is 0 Å². The molecule has 1 nitrogen and oxygen atoms in total. The van der Waals surface area contributed by atoms with Crippen molar-refractivity contribution in [1.29, 1.82) is 0 Å². The standard InChI is InChI=1S/C18H23N/c1-13(2)9-15-5-4-6-17(10-15)18-11-16(12-19)8-7-14(18)3/h4-8,10-11,13H,9,12,19H2,1-3H3. The predicted molar refractivity (Wildman–Crippen MR) is 83.0 cm³/mol. The molecule has 0 spiro atoms. The lowest BCUT2D eigenvalue weighted by atomic mass is 9.94. The summed E-state index contributed by atoms with van der Waals surface area (Å²) in [6.07, 6.45) is 1.13. The lowest BCUT2D eigenvalue weighted by molar-refractivity contribution is 0.647. The first-order valence-electron chi connectivity index (χ1n) is 6.99. The molecular formula is C18H23N. The van der Waals surface area contributed by atoms with E-state index in [4.69, 9.17) is 5.73 Å². The van der Waals surface area contributed by atoms with Crippen molar-refractivity contribution in [2.75, 3.05) is 0 Å². The minimum absolute atomic E-state index is 0.596. The van der Waals surface area contributed by atoms with Crippen LogP contribution < -0.4 is 5.73 Å². The average molecular weight is 253 g/mol. The van der Waals surface area contributed by atoms with Crippen LogP contribution in [0.15, 0.2) is 42.5 Å². The van der Waals surface area contributed by atoms with Crippen molar-refractivity contribution in [3.8, 4) is 11.1 Å². The maximum absolute atomic E-state index is 5.74.